The number of carbonyl (C=O) groups is 3. The van der Waals surface area contributed by atoms with Crippen molar-refractivity contribution in [3.05, 3.63) is 35.6 Å². The van der Waals surface area contributed by atoms with Crippen LogP contribution in [0.5, 0.6) is 0 Å². The fourth-order valence-corrected chi connectivity index (χ4v) is 3.26. The number of carbonyl (C=O) groups excluding carboxylic acids is 3. The van der Waals surface area contributed by atoms with Crippen LogP contribution in [0.15, 0.2) is 24.3 Å². The summed E-state index contributed by atoms with van der Waals surface area (Å²) in [6.45, 7) is 1.48. The van der Waals surface area contributed by atoms with Crippen LogP contribution < -0.4 is 5.32 Å². The first-order chi connectivity index (χ1) is 13.0. The van der Waals surface area contributed by atoms with Crippen molar-refractivity contribution in [2.45, 2.75) is 45.1 Å². The molecule has 0 aliphatic carbocycles. The molecule has 1 fully saturated rings. The van der Waals surface area contributed by atoms with Gasteiger partial charge in [-0.05, 0) is 31.2 Å². The molecule has 1 heterocycles. The van der Waals surface area contributed by atoms with Crippen LogP contribution in [-0.2, 0) is 25.7 Å². The number of ether oxygens (including phenoxy) is 1. The van der Waals surface area contributed by atoms with Gasteiger partial charge < -0.3 is 15.0 Å². The number of esters is 1. The van der Waals surface area contributed by atoms with E-state index in [1.54, 1.807) is 23.1 Å². The van der Waals surface area contributed by atoms with Crippen LogP contribution in [0.4, 0.5) is 4.39 Å². The minimum absolute atomic E-state index is 0.0471. The van der Waals surface area contributed by atoms with Gasteiger partial charge in [-0.1, -0.05) is 18.2 Å². The van der Waals surface area contributed by atoms with Crippen LogP contribution in [0, 0.1) is 11.7 Å². The average Bonchev–Trinajstić information content (AvgIpc) is 2.69. The molecule has 1 aliphatic rings. The second-order valence-electron chi connectivity index (χ2n) is 6.83. The van der Waals surface area contributed by atoms with Crippen LogP contribution in [0.1, 0.15) is 44.1 Å². The zero-order chi connectivity index (χ0) is 19.6. The normalized spacial score (nSPS) is 16.7. The summed E-state index contributed by atoms with van der Waals surface area (Å²) in [7, 11) is 1.31. The van der Waals surface area contributed by atoms with Gasteiger partial charge in [-0.15, -0.1) is 0 Å². The van der Waals surface area contributed by atoms with Gasteiger partial charge in [-0.3, -0.25) is 14.4 Å². The third-order valence-electron chi connectivity index (χ3n) is 4.86. The highest BCUT2D eigenvalue weighted by Gasteiger charge is 2.24. The Kier molecular flexibility index (Phi) is 8.23. The van der Waals surface area contributed by atoms with Crippen LogP contribution in [0.2, 0.25) is 0 Å². The molecule has 1 aromatic carbocycles. The number of nitrogens with one attached hydrogen (secondary N) is 1. The molecular weight excluding hydrogens is 351 g/mol. The number of benzene rings is 1. The maximum absolute atomic E-state index is 13.6. The van der Waals surface area contributed by atoms with Crippen LogP contribution in [0.3, 0.4) is 0 Å². The van der Waals surface area contributed by atoms with Crippen LogP contribution >= 0.6 is 0 Å². The van der Waals surface area contributed by atoms with E-state index in [0.717, 1.165) is 12.8 Å². The lowest BCUT2D eigenvalue weighted by Gasteiger charge is -2.32. The Morgan fingerprint density at radius 2 is 2.00 bits per heavy atom. The van der Waals surface area contributed by atoms with Crippen molar-refractivity contribution in [2.24, 2.45) is 5.92 Å². The summed E-state index contributed by atoms with van der Waals surface area (Å²) in [6, 6.07) is 6.37. The van der Waals surface area contributed by atoms with E-state index in [0.29, 0.717) is 31.5 Å². The smallest absolute Gasteiger partial charge is 0.306 e. The van der Waals surface area contributed by atoms with Crippen molar-refractivity contribution in [1.82, 2.24) is 10.2 Å². The molecule has 7 heteroatoms. The van der Waals surface area contributed by atoms with Crippen LogP contribution in [0.25, 0.3) is 0 Å². The van der Waals surface area contributed by atoms with Gasteiger partial charge in [0.05, 0.1) is 13.5 Å². The number of nitrogens with zero attached hydrogens (tertiary/aromatic N) is 1. The Balaban J connectivity index is 1.70. The van der Waals surface area contributed by atoms with E-state index in [2.05, 4.69) is 10.1 Å². The van der Waals surface area contributed by atoms with Crippen molar-refractivity contribution in [1.29, 1.82) is 0 Å². The molecule has 1 atom stereocenters. The Morgan fingerprint density at radius 3 is 2.74 bits per heavy atom. The fraction of sp³-hybridized carbons (Fsp3) is 0.550. The van der Waals surface area contributed by atoms with Gasteiger partial charge in [-0.25, -0.2) is 4.39 Å². The van der Waals surface area contributed by atoms with Crippen molar-refractivity contribution < 1.29 is 23.5 Å². The molecule has 1 saturated heterocycles. The zero-order valence-electron chi connectivity index (χ0n) is 15.7. The van der Waals surface area contributed by atoms with Crippen LogP contribution in [-0.4, -0.2) is 42.9 Å². The number of likely N-dealkylation sites (tertiary alicyclic amines) is 1. The predicted molar refractivity (Wildman–Crippen MR) is 98.0 cm³/mol. The maximum Gasteiger partial charge on any atom is 0.306 e. The van der Waals surface area contributed by atoms with Gasteiger partial charge in [0, 0.05) is 38.0 Å². The SMILES string of the molecule is COC(=O)CCC(=O)N1CCCC(CCC(=O)NCc2ccccc2F)C1. The summed E-state index contributed by atoms with van der Waals surface area (Å²) in [5, 5.41) is 2.74. The molecule has 0 spiro atoms. The van der Waals surface area contributed by atoms with Gasteiger partial charge in [0.1, 0.15) is 5.82 Å². The van der Waals surface area contributed by atoms with E-state index in [1.807, 2.05) is 0 Å². The monoisotopic (exact) mass is 378 g/mol. The second-order valence-corrected chi connectivity index (χ2v) is 6.83. The first kappa shape index (κ1) is 20.9. The van der Waals surface area contributed by atoms with E-state index in [4.69, 9.17) is 0 Å². The molecule has 1 unspecified atom stereocenters. The van der Waals surface area contributed by atoms with Gasteiger partial charge in [-0.2, -0.15) is 0 Å². The fourth-order valence-electron chi connectivity index (χ4n) is 3.26. The standard InChI is InChI=1S/C20H27FN2O4/c1-27-20(26)11-10-19(25)23-12-4-5-15(14-23)8-9-18(24)22-13-16-6-2-3-7-17(16)21/h2-3,6-7,15H,4-5,8-14H2,1H3,(H,22,24). The highest BCUT2D eigenvalue weighted by Crippen LogP contribution is 2.22. The summed E-state index contributed by atoms with van der Waals surface area (Å²) >= 11 is 0. The quantitative estimate of drug-likeness (QED) is 0.705. The highest BCUT2D eigenvalue weighted by molar-refractivity contribution is 5.81. The van der Waals surface area contributed by atoms with Crippen molar-refractivity contribution in [3.8, 4) is 0 Å². The third kappa shape index (κ3) is 7.00. The summed E-state index contributed by atoms with van der Waals surface area (Å²) in [5.41, 5.74) is 0.464. The Morgan fingerprint density at radius 1 is 1.22 bits per heavy atom. The van der Waals surface area contributed by atoms with Crippen molar-refractivity contribution in [2.75, 3.05) is 20.2 Å². The van der Waals surface area contributed by atoms with E-state index < -0.39 is 0 Å². The first-order valence-corrected chi connectivity index (χ1v) is 9.34. The van der Waals surface area contributed by atoms with Gasteiger partial charge >= 0.3 is 5.97 Å². The minimum atomic E-state index is -0.386. The largest absolute Gasteiger partial charge is 0.469 e. The Hall–Kier alpha value is -2.44. The predicted octanol–water partition coefficient (Wildman–Crippen LogP) is 2.41. The minimum Gasteiger partial charge on any atom is -0.469 e. The van der Waals surface area contributed by atoms with E-state index >= 15 is 0 Å². The molecule has 1 aromatic rings. The lowest BCUT2D eigenvalue weighted by Crippen LogP contribution is -2.40. The summed E-state index contributed by atoms with van der Waals surface area (Å²) in [4.78, 5) is 37.2. The number of hydrogen-bond acceptors (Lipinski definition) is 4. The van der Waals surface area contributed by atoms with Crippen molar-refractivity contribution >= 4 is 17.8 Å². The number of rotatable bonds is 8. The molecule has 0 radical (unpaired) electrons. The number of amides is 2. The average molecular weight is 378 g/mol. The molecule has 27 heavy (non-hydrogen) atoms. The molecule has 0 saturated carbocycles. The second kappa shape index (κ2) is 10.6. The first-order valence-electron chi connectivity index (χ1n) is 9.34. The molecule has 1 aliphatic heterocycles. The Bertz CT molecular complexity index is 665. The molecule has 2 amide bonds. The third-order valence-corrected chi connectivity index (χ3v) is 4.86. The molecule has 1 N–H and O–H groups in total. The van der Waals surface area contributed by atoms with Gasteiger partial charge in [0.15, 0.2) is 0 Å². The van der Waals surface area contributed by atoms with Gasteiger partial charge in [0.2, 0.25) is 11.8 Å². The summed E-state index contributed by atoms with van der Waals surface area (Å²) in [5.74, 6) is -0.615. The number of methoxy groups -OCH3 is 1. The number of piperidine rings is 1. The van der Waals surface area contributed by atoms with E-state index in [-0.39, 0.29) is 48.9 Å². The van der Waals surface area contributed by atoms with Gasteiger partial charge in [0.25, 0.3) is 0 Å². The van der Waals surface area contributed by atoms with Crippen molar-refractivity contribution in [3.63, 3.8) is 0 Å². The molecule has 148 valence electrons. The molecule has 6 nitrogen and oxygen atoms in total. The zero-order valence-corrected chi connectivity index (χ0v) is 15.7. The lowest BCUT2D eigenvalue weighted by molar-refractivity contribution is -0.144. The highest BCUT2D eigenvalue weighted by atomic mass is 19.1. The van der Waals surface area contributed by atoms with E-state index in [9.17, 15) is 18.8 Å². The maximum atomic E-state index is 13.6. The molecule has 2 rings (SSSR count). The lowest BCUT2D eigenvalue weighted by atomic mass is 9.93. The molecular formula is C20H27FN2O4. The Labute approximate surface area is 159 Å². The topological polar surface area (TPSA) is 75.7 Å². The number of hydrogen-bond donors (Lipinski definition) is 1. The summed E-state index contributed by atoms with van der Waals surface area (Å²) in [6.07, 6.45) is 3.15. The summed E-state index contributed by atoms with van der Waals surface area (Å²) < 4.78 is 18.1. The molecule has 0 aromatic heterocycles. The number of halogens is 1. The van der Waals surface area contributed by atoms with E-state index in [1.165, 1.54) is 13.2 Å². The molecule has 0 bridgehead atoms.